The third-order valence-electron chi connectivity index (χ3n) is 4.78. The molecule has 1 aromatic carbocycles. The molecule has 2 N–H and O–H groups in total. The summed E-state index contributed by atoms with van der Waals surface area (Å²) < 4.78 is 0. The van der Waals surface area contributed by atoms with E-state index in [1.54, 1.807) is 0 Å². The number of aliphatic hydroxyl groups is 1. The van der Waals surface area contributed by atoms with Crippen LogP contribution in [0.15, 0.2) is 30.3 Å². The van der Waals surface area contributed by atoms with Crippen LogP contribution in [0.25, 0.3) is 0 Å². The van der Waals surface area contributed by atoms with Crippen molar-refractivity contribution in [2.45, 2.75) is 37.1 Å². The molecule has 2 fully saturated rings. The molecule has 1 amide bonds. The highest BCUT2D eigenvalue weighted by Crippen LogP contribution is 2.38. The van der Waals surface area contributed by atoms with Crippen LogP contribution in [0.5, 0.6) is 0 Å². The van der Waals surface area contributed by atoms with Gasteiger partial charge in [-0.3, -0.25) is 4.79 Å². The number of nitrogens with one attached hydrogen (secondary N) is 1. The highest BCUT2D eigenvalue weighted by molar-refractivity contribution is 5.89. The van der Waals surface area contributed by atoms with Gasteiger partial charge in [0.2, 0.25) is 5.91 Å². The van der Waals surface area contributed by atoms with E-state index in [1.807, 2.05) is 23.1 Å². The van der Waals surface area contributed by atoms with Gasteiger partial charge in [0, 0.05) is 12.6 Å². The summed E-state index contributed by atoms with van der Waals surface area (Å²) in [6, 6.07) is 10.5. The summed E-state index contributed by atoms with van der Waals surface area (Å²) in [7, 11) is 0. The predicted octanol–water partition coefficient (Wildman–Crippen LogP) is 1.29. The minimum atomic E-state index is -0.412. The van der Waals surface area contributed by atoms with E-state index in [0.717, 1.165) is 44.3 Å². The Kier molecular flexibility index (Phi) is 4.27. The molecule has 2 aliphatic rings. The van der Waals surface area contributed by atoms with Gasteiger partial charge in [-0.2, -0.15) is 0 Å². The number of hydrogen-bond donors (Lipinski definition) is 2. The Morgan fingerprint density at radius 2 is 1.90 bits per heavy atom. The van der Waals surface area contributed by atoms with Gasteiger partial charge in [0.05, 0.1) is 12.0 Å². The Balaban J connectivity index is 1.93. The van der Waals surface area contributed by atoms with Crippen LogP contribution < -0.4 is 5.32 Å². The first-order valence-corrected chi connectivity index (χ1v) is 7.96. The predicted molar refractivity (Wildman–Crippen MR) is 82.0 cm³/mol. The summed E-state index contributed by atoms with van der Waals surface area (Å²) in [4.78, 5) is 15.2. The second-order valence-corrected chi connectivity index (χ2v) is 6.15. The number of rotatable bonds is 5. The zero-order valence-corrected chi connectivity index (χ0v) is 12.4. The molecule has 4 nitrogen and oxygen atoms in total. The number of nitrogens with zero attached hydrogens (tertiary/aromatic N) is 1. The molecule has 114 valence electrons. The van der Waals surface area contributed by atoms with Crippen molar-refractivity contribution in [3.05, 3.63) is 35.9 Å². The summed E-state index contributed by atoms with van der Waals surface area (Å²) in [6.07, 6.45) is 3.83. The average Bonchev–Trinajstić information content (AvgIpc) is 3.38. The minimum absolute atomic E-state index is 0.0470. The molecule has 1 aliphatic heterocycles. The monoisotopic (exact) mass is 288 g/mol. The van der Waals surface area contributed by atoms with Crippen molar-refractivity contribution in [3.8, 4) is 0 Å². The van der Waals surface area contributed by atoms with E-state index in [4.69, 9.17) is 0 Å². The molecule has 0 unspecified atom stereocenters. The molecule has 1 heterocycles. The Morgan fingerprint density at radius 3 is 2.48 bits per heavy atom. The maximum Gasteiger partial charge on any atom is 0.233 e. The van der Waals surface area contributed by atoms with Crippen LogP contribution in [0.2, 0.25) is 0 Å². The number of amides is 1. The smallest absolute Gasteiger partial charge is 0.233 e. The fraction of sp³-hybridized carbons (Fsp3) is 0.588. The van der Waals surface area contributed by atoms with E-state index < -0.39 is 5.41 Å². The lowest BCUT2D eigenvalue weighted by Gasteiger charge is -2.40. The topological polar surface area (TPSA) is 52.6 Å². The summed E-state index contributed by atoms with van der Waals surface area (Å²) in [6.45, 7) is 2.26. The SMILES string of the molecule is O=C(N(CCO)C1CC1)C1(c2ccccc2)CCNCC1. The van der Waals surface area contributed by atoms with Gasteiger partial charge in [0.1, 0.15) is 0 Å². The third kappa shape index (κ3) is 2.83. The third-order valence-corrected chi connectivity index (χ3v) is 4.78. The molecule has 4 heteroatoms. The minimum Gasteiger partial charge on any atom is -0.395 e. The quantitative estimate of drug-likeness (QED) is 0.858. The van der Waals surface area contributed by atoms with Crippen LogP contribution in [-0.2, 0) is 10.2 Å². The fourth-order valence-electron chi connectivity index (χ4n) is 3.46. The van der Waals surface area contributed by atoms with Crippen molar-refractivity contribution in [2.24, 2.45) is 0 Å². The van der Waals surface area contributed by atoms with Crippen LogP contribution in [-0.4, -0.2) is 48.2 Å². The lowest BCUT2D eigenvalue weighted by atomic mass is 9.72. The zero-order valence-electron chi connectivity index (χ0n) is 12.4. The second-order valence-electron chi connectivity index (χ2n) is 6.15. The summed E-state index contributed by atoms with van der Waals surface area (Å²) in [5.41, 5.74) is 0.713. The van der Waals surface area contributed by atoms with Gasteiger partial charge in [0.15, 0.2) is 0 Å². The van der Waals surface area contributed by atoms with Gasteiger partial charge in [-0.25, -0.2) is 0 Å². The number of carbonyl (C=O) groups is 1. The summed E-state index contributed by atoms with van der Waals surface area (Å²) >= 11 is 0. The molecular formula is C17H24N2O2. The molecule has 21 heavy (non-hydrogen) atoms. The van der Waals surface area contributed by atoms with E-state index in [1.165, 1.54) is 0 Å². The van der Waals surface area contributed by atoms with Crippen molar-refractivity contribution in [1.29, 1.82) is 0 Å². The number of piperidine rings is 1. The van der Waals surface area contributed by atoms with Crippen molar-refractivity contribution in [2.75, 3.05) is 26.2 Å². The molecule has 1 saturated heterocycles. The van der Waals surface area contributed by atoms with Crippen LogP contribution >= 0.6 is 0 Å². The van der Waals surface area contributed by atoms with Crippen LogP contribution in [0.3, 0.4) is 0 Å². The maximum atomic E-state index is 13.3. The molecule has 0 aromatic heterocycles. The van der Waals surface area contributed by atoms with Crippen molar-refractivity contribution in [3.63, 3.8) is 0 Å². The molecule has 1 aliphatic carbocycles. The van der Waals surface area contributed by atoms with Gasteiger partial charge in [0.25, 0.3) is 0 Å². The Bertz CT molecular complexity index is 479. The van der Waals surface area contributed by atoms with Gasteiger partial charge in [-0.05, 0) is 44.3 Å². The Hall–Kier alpha value is -1.39. The number of benzene rings is 1. The van der Waals surface area contributed by atoms with Gasteiger partial charge in [-0.15, -0.1) is 0 Å². The Morgan fingerprint density at radius 1 is 1.24 bits per heavy atom. The maximum absolute atomic E-state index is 13.3. The molecule has 3 rings (SSSR count). The molecule has 0 spiro atoms. The van der Waals surface area contributed by atoms with Gasteiger partial charge in [-0.1, -0.05) is 30.3 Å². The van der Waals surface area contributed by atoms with E-state index in [9.17, 15) is 9.90 Å². The van der Waals surface area contributed by atoms with Crippen molar-refractivity contribution >= 4 is 5.91 Å². The zero-order chi connectivity index (χ0) is 14.7. The molecule has 0 atom stereocenters. The largest absolute Gasteiger partial charge is 0.395 e. The second kappa shape index (κ2) is 6.16. The molecule has 1 saturated carbocycles. The van der Waals surface area contributed by atoms with E-state index in [0.29, 0.717) is 12.6 Å². The molecule has 1 aromatic rings. The van der Waals surface area contributed by atoms with E-state index in [-0.39, 0.29) is 12.5 Å². The number of hydrogen-bond acceptors (Lipinski definition) is 3. The van der Waals surface area contributed by atoms with E-state index in [2.05, 4.69) is 17.4 Å². The molecular weight excluding hydrogens is 264 g/mol. The first-order valence-electron chi connectivity index (χ1n) is 7.96. The lowest BCUT2D eigenvalue weighted by molar-refractivity contribution is -0.139. The van der Waals surface area contributed by atoms with Crippen LogP contribution in [0.1, 0.15) is 31.2 Å². The van der Waals surface area contributed by atoms with E-state index >= 15 is 0 Å². The molecule has 0 radical (unpaired) electrons. The standard InChI is InChI=1S/C17H24N2O2/c20-13-12-19(15-6-7-15)16(21)17(8-10-18-11-9-17)14-4-2-1-3-5-14/h1-5,15,18,20H,6-13H2. The highest BCUT2D eigenvalue weighted by Gasteiger charge is 2.46. The van der Waals surface area contributed by atoms with Gasteiger partial charge < -0.3 is 15.3 Å². The Labute approximate surface area is 126 Å². The van der Waals surface area contributed by atoms with Crippen LogP contribution in [0.4, 0.5) is 0 Å². The van der Waals surface area contributed by atoms with Crippen molar-refractivity contribution in [1.82, 2.24) is 10.2 Å². The normalized spacial score (nSPS) is 21.0. The van der Waals surface area contributed by atoms with Gasteiger partial charge >= 0.3 is 0 Å². The first kappa shape index (κ1) is 14.5. The fourth-order valence-corrected chi connectivity index (χ4v) is 3.46. The average molecular weight is 288 g/mol. The highest BCUT2D eigenvalue weighted by atomic mass is 16.3. The lowest BCUT2D eigenvalue weighted by Crippen LogP contribution is -2.53. The molecule has 0 bridgehead atoms. The summed E-state index contributed by atoms with van der Waals surface area (Å²) in [5, 5.41) is 12.7. The number of carbonyl (C=O) groups excluding carboxylic acids is 1. The van der Waals surface area contributed by atoms with Crippen molar-refractivity contribution < 1.29 is 9.90 Å². The first-order chi connectivity index (χ1) is 10.3. The van der Waals surface area contributed by atoms with Crippen LogP contribution in [0, 0.1) is 0 Å². The number of aliphatic hydroxyl groups excluding tert-OH is 1. The summed E-state index contributed by atoms with van der Waals surface area (Å²) in [5.74, 6) is 0.215.